The van der Waals surface area contributed by atoms with E-state index in [9.17, 15) is 10.1 Å². The van der Waals surface area contributed by atoms with E-state index in [2.05, 4.69) is 10.3 Å². The highest BCUT2D eigenvalue weighted by atomic mass is 16.6. The van der Waals surface area contributed by atoms with Crippen LogP contribution in [0.2, 0.25) is 0 Å². The van der Waals surface area contributed by atoms with Crippen molar-refractivity contribution in [1.82, 2.24) is 10.3 Å². The quantitative estimate of drug-likeness (QED) is 0.667. The van der Waals surface area contributed by atoms with Crippen LogP contribution in [0.3, 0.4) is 0 Å². The van der Waals surface area contributed by atoms with Gasteiger partial charge in [-0.05, 0) is 19.0 Å². The summed E-state index contributed by atoms with van der Waals surface area (Å²) in [5.74, 6) is 0. The van der Waals surface area contributed by atoms with Crippen LogP contribution in [0.1, 0.15) is 6.42 Å². The number of anilines is 1. The molecule has 1 N–H and O–H groups in total. The molecule has 1 saturated heterocycles. The van der Waals surface area contributed by atoms with Crippen LogP contribution >= 0.6 is 0 Å². The summed E-state index contributed by atoms with van der Waals surface area (Å²) in [6, 6.07) is 5.30. The molecule has 0 radical (unpaired) electrons. The number of benzene rings is 1. The van der Waals surface area contributed by atoms with Crippen molar-refractivity contribution in [2.75, 3.05) is 25.0 Å². The first-order chi connectivity index (χ1) is 9.15. The minimum atomic E-state index is -0.432. The monoisotopic (exact) mass is 262 g/mol. The molecule has 3 rings (SSSR count). The molecule has 1 aromatic carbocycles. The van der Waals surface area contributed by atoms with Gasteiger partial charge in [-0.3, -0.25) is 10.1 Å². The third kappa shape index (κ3) is 2.12. The fourth-order valence-electron chi connectivity index (χ4n) is 2.29. The maximum atomic E-state index is 10.7. The molecule has 1 unspecified atom stereocenters. The number of aromatic nitrogens is 1. The van der Waals surface area contributed by atoms with Crippen LogP contribution in [-0.2, 0) is 0 Å². The predicted octanol–water partition coefficient (Wildman–Crippen LogP) is 1.53. The Balaban J connectivity index is 1.94. The van der Waals surface area contributed by atoms with Gasteiger partial charge in [0, 0.05) is 31.8 Å². The standard InChI is InChI=1S/C12H14N4O3/c1-15(9-4-5-13-7-9)12-14-10-6-8(16(17)18)2-3-11(10)19-12/h2-3,6,9,13H,4-5,7H2,1H3. The van der Waals surface area contributed by atoms with E-state index in [0.717, 1.165) is 19.5 Å². The summed E-state index contributed by atoms with van der Waals surface area (Å²) in [6.07, 6.45) is 1.04. The lowest BCUT2D eigenvalue weighted by atomic mass is 10.2. The van der Waals surface area contributed by atoms with E-state index in [4.69, 9.17) is 4.42 Å². The summed E-state index contributed by atoms with van der Waals surface area (Å²) in [4.78, 5) is 16.6. The first-order valence-corrected chi connectivity index (χ1v) is 6.13. The molecule has 100 valence electrons. The second-order valence-corrected chi connectivity index (χ2v) is 4.66. The Labute approximate surface area is 109 Å². The molecular weight excluding hydrogens is 248 g/mol. The summed E-state index contributed by atoms with van der Waals surface area (Å²) in [5, 5.41) is 14.0. The summed E-state index contributed by atoms with van der Waals surface area (Å²) in [5.41, 5.74) is 1.11. The molecule has 0 amide bonds. The molecule has 1 aliphatic rings. The van der Waals surface area contributed by atoms with Crippen LogP contribution in [0.4, 0.5) is 11.7 Å². The molecule has 0 saturated carbocycles. The van der Waals surface area contributed by atoms with Crippen molar-refractivity contribution in [1.29, 1.82) is 0 Å². The zero-order valence-corrected chi connectivity index (χ0v) is 10.5. The van der Waals surface area contributed by atoms with Crippen molar-refractivity contribution >= 4 is 22.8 Å². The van der Waals surface area contributed by atoms with Gasteiger partial charge >= 0.3 is 0 Å². The lowest BCUT2D eigenvalue weighted by molar-refractivity contribution is -0.384. The lowest BCUT2D eigenvalue weighted by Gasteiger charge is -2.21. The summed E-state index contributed by atoms with van der Waals surface area (Å²) >= 11 is 0. The largest absolute Gasteiger partial charge is 0.423 e. The number of rotatable bonds is 3. The van der Waals surface area contributed by atoms with E-state index in [1.807, 2.05) is 11.9 Å². The molecular formula is C12H14N4O3. The molecule has 0 aliphatic carbocycles. The van der Waals surface area contributed by atoms with Crippen LogP contribution < -0.4 is 10.2 Å². The average molecular weight is 262 g/mol. The van der Waals surface area contributed by atoms with Crippen LogP contribution in [0.5, 0.6) is 0 Å². The van der Waals surface area contributed by atoms with Gasteiger partial charge in [-0.1, -0.05) is 0 Å². The van der Waals surface area contributed by atoms with Crippen LogP contribution in [0.25, 0.3) is 11.1 Å². The Bertz CT molecular complexity index is 618. The zero-order valence-electron chi connectivity index (χ0n) is 10.5. The average Bonchev–Trinajstić information content (AvgIpc) is 3.06. The Hall–Kier alpha value is -2.15. The summed E-state index contributed by atoms with van der Waals surface area (Å²) in [6.45, 7) is 1.88. The fourth-order valence-corrected chi connectivity index (χ4v) is 2.29. The summed E-state index contributed by atoms with van der Waals surface area (Å²) in [7, 11) is 1.93. The number of nitro benzene ring substituents is 1. The molecule has 19 heavy (non-hydrogen) atoms. The lowest BCUT2D eigenvalue weighted by Crippen LogP contribution is -2.33. The van der Waals surface area contributed by atoms with Crippen LogP contribution in [0, 0.1) is 10.1 Å². The molecule has 7 heteroatoms. The smallest absolute Gasteiger partial charge is 0.298 e. The van der Waals surface area contributed by atoms with E-state index in [0.29, 0.717) is 23.2 Å². The van der Waals surface area contributed by atoms with Crippen LogP contribution in [-0.4, -0.2) is 36.1 Å². The van der Waals surface area contributed by atoms with Crippen LogP contribution in [0.15, 0.2) is 22.6 Å². The minimum Gasteiger partial charge on any atom is -0.423 e. The summed E-state index contributed by atoms with van der Waals surface area (Å²) < 4.78 is 5.64. The number of non-ortho nitro benzene ring substituents is 1. The van der Waals surface area contributed by atoms with E-state index in [1.165, 1.54) is 12.1 Å². The van der Waals surface area contributed by atoms with Crippen molar-refractivity contribution in [3.05, 3.63) is 28.3 Å². The third-order valence-corrected chi connectivity index (χ3v) is 3.45. The molecule has 2 heterocycles. The van der Waals surface area contributed by atoms with Crippen molar-refractivity contribution < 1.29 is 9.34 Å². The van der Waals surface area contributed by atoms with Gasteiger partial charge in [0.15, 0.2) is 5.58 Å². The van der Waals surface area contributed by atoms with E-state index in [-0.39, 0.29) is 5.69 Å². The molecule has 0 bridgehead atoms. The number of hydrogen-bond donors (Lipinski definition) is 1. The normalized spacial score (nSPS) is 18.9. The molecule has 1 fully saturated rings. The number of nitrogens with zero attached hydrogens (tertiary/aromatic N) is 3. The number of nitrogens with one attached hydrogen (secondary N) is 1. The Morgan fingerprint density at radius 1 is 1.58 bits per heavy atom. The van der Waals surface area contributed by atoms with E-state index in [1.54, 1.807) is 6.07 Å². The van der Waals surface area contributed by atoms with Gasteiger partial charge in [-0.25, -0.2) is 0 Å². The maximum absolute atomic E-state index is 10.7. The number of likely N-dealkylation sites (N-methyl/N-ethyl adjacent to an activating group) is 1. The zero-order chi connectivity index (χ0) is 13.4. The van der Waals surface area contributed by atoms with Gasteiger partial charge in [0.25, 0.3) is 11.7 Å². The van der Waals surface area contributed by atoms with E-state index >= 15 is 0 Å². The van der Waals surface area contributed by atoms with Gasteiger partial charge < -0.3 is 14.6 Å². The highest BCUT2D eigenvalue weighted by Gasteiger charge is 2.23. The first-order valence-electron chi connectivity index (χ1n) is 6.13. The minimum absolute atomic E-state index is 0.0255. The SMILES string of the molecule is CN(c1nc2cc([N+](=O)[O-])ccc2o1)C1CCNC1. The number of nitro groups is 1. The number of hydrogen-bond acceptors (Lipinski definition) is 6. The van der Waals surface area contributed by atoms with Crippen molar-refractivity contribution in [2.45, 2.75) is 12.5 Å². The van der Waals surface area contributed by atoms with Gasteiger partial charge in [-0.2, -0.15) is 4.98 Å². The second-order valence-electron chi connectivity index (χ2n) is 4.66. The molecule has 1 aromatic heterocycles. The predicted molar refractivity (Wildman–Crippen MR) is 70.3 cm³/mol. The fraction of sp³-hybridized carbons (Fsp3) is 0.417. The van der Waals surface area contributed by atoms with E-state index < -0.39 is 4.92 Å². The number of fused-ring (bicyclic) bond motifs is 1. The maximum Gasteiger partial charge on any atom is 0.298 e. The van der Waals surface area contributed by atoms with Crippen molar-refractivity contribution in [2.24, 2.45) is 0 Å². The highest BCUT2D eigenvalue weighted by Crippen LogP contribution is 2.26. The Morgan fingerprint density at radius 3 is 3.11 bits per heavy atom. The molecule has 2 aromatic rings. The second kappa shape index (κ2) is 4.51. The molecule has 7 nitrogen and oxygen atoms in total. The van der Waals surface area contributed by atoms with Gasteiger partial charge in [0.05, 0.1) is 4.92 Å². The Kier molecular flexibility index (Phi) is 2.83. The van der Waals surface area contributed by atoms with Crippen molar-refractivity contribution in [3.8, 4) is 0 Å². The van der Waals surface area contributed by atoms with Gasteiger partial charge in [-0.15, -0.1) is 0 Å². The Morgan fingerprint density at radius 2 is 2.42 bits per heavy atom. The number of oxazole rings is 1. The third-order valence-electron chi connectivity index (χ3n) is 3.45. The van der Waals surface area contributed by atoms with Crippen molar-refractivity contribution in [3.63, 3.8) is 0 Å². The van der Waals surface area contributed by atoms with Gasteiger partial charge in [0.2, 0.25) is 0 Å². The van der Waals surface area contributed by atoms with Gasteiger partial charge in [0.1, 0.15) is 5.52 Å². The highest BCUT2D eigenvalue weighted by molar-refractivity contribution is 5.77. The first kappa shape index (κ1) is 11.9. The molecule has 1 aliphatic heterocycles. The molecule has 0 spiro atoms. The molecule has 1 atom stereocenters. The topological polar surface area (TPSA) is 84.4 Å².